The molecule has 46 heavy (non-hydrogen) atoms. The van der Waals surface area contributed by atoms with Crippen molar-refractivity contribution >= 4 is 37.8 Å². The van der Waals surface area contributed by atoms with Crippen LogP contribution in [-0.4, -0.2) is 70.3 Å². The van der Waals surface area contributed by atoms with Gasteiger partial charge in [-0.1, -0.05) is 37.8 Å². The first-order chi connectivity index (χ1) is 21.6. The molecule has 0 radical (unpaired) electrons. The van der Waals surface area contributed by atoms with E-state index >= 15 is 0 Å². The topological polar surface area (TPSA) is 179 Å². The standard InChI is InChI=1S/C31H34FN5O7S2/c1-21(2)29(31(39)40)35-46(43,44)37-17-15-36(16-18-37)25-10-5-22(6-11-25)3-4-23-9-14-28(32)27(19-23)30(38)34-20-24-7-12-26(13-8-24)45(33,41)42/h5-14,19,21,29,35H,15-18,20H2,1-2H3,(H,34,38)(H,39,40)(H2,33,41,42)/t29-/m1/s1. The summed E-state index contributed by atoms with van der Waals surface area (Å²) in [5, 5.41) is 17.0. The number of hydrogen-bond acceptors (Lipinski definition) is 7. The summed E-state index contributed by atoms with van der Waals surface area (Å²) in [6.07, 6.45) is 0. The van der Waals surface area contributed by atoms with Gasteiger partial charge in [0.1, 0.15) is 11.9 Å². The number of carbonyl (C=O) groups is 2. The highest BCUT2D eigenvalue weighted by molar-refractivity contribution is 7.89. The number of anilines is 1. The Morgan fingerprint density at radius 3 is 2.07 bits per heavy atom. The molecule has 1 amide bonds. The summed E-state index contributed by atoms with van der Waals surface area (Å²) in [6, 6.07) is 15.7. The fraction of sp³-hybridized carbons (Fsp3) is 0.290. The first-order valence-corrected chi connectivity index (χ1v) is 17.2. The van der Waals surface area contributed by atoms with Gasteiger partial charge in [-0.3, -0.25) is 9.59 Å². The SMILES string of the molecule is CC(C)[C@@H](NS(=O)(=O)N1CCN(c2ccc(C#Cc3ccc(F)c(C(=O)NCc4ccc(S(N)(=O)=O)cc4)c3)cc2)CC1)C(=O)O. The predicted molar refractivity (Wildman–Crippen MR) is 170 cm³/mol. The van der Waals surface area contributed by atoms with E-state index in [-0.39, 0.29) is 30.1 Å². The third-order valence-corrected chi connectivity index (χ3v) is 9.81. The van der Waals surface area contributed by atoms with E-state index in [1.807, 2.05) is 17.0 Å². The molecule has 3 aromatic carbocycles. The Balaban J connectivity index is 1.35. The number of primary sulfonamides is 1. The summed E-state index contributed by atoms with van der Waals surface area (Å²) in [5.41, 5.74) is 2.35. The second-order valence-corrected chi connectivity index (χ2v) is 14.2. The van der Waals surface area contributed by atoms with Crippen molar-refractivity contribution < 1.29 is 35.9 Å². The Kier molecular flexibility index (Phi) is 10.8. The molecule has 0 unspecified atom stereocenters. The lowest BCUT2D eigenvalue weighted by molar-refractivity contribution is -0.140. The maximum Gasteiger partial charge on any atom is 0.322 e. The molecule has 0 aliphatic carbocycles. The predicted octanol–water partition coefficient (Wildman–Crippen LogP) is 1.87. The Bertz CT molecular complexity index is 1860. The van der Waals surface area contributed by atoms with Gasteiger partial charge in [0.05, 0.1) is 10.5 Å². The van der Waals surface area contributed by atoms with Crippen LogP contribution in [0.15, 0.2) is 71.6 Å². The molecule has 1 aliphatic rings. The van der Waals surface area contributed by atoms with Crippen molar-refractivity contribution in [3.8, 4) is 11.8 Å². The van der Waals surface area contributed by atoms with Crippen LogP contribution in [0, 0.1) is 23.6 Å². The number of nitrogens with zero attached hydrogens (tertiary/aromatic N) is 2. The monoisotopic (exact) mass is 671 g/mol. The highest BCUT2D eigenvalue weighted by Gasteiger charge is 2.33. The first-order valence-electron chi connectivity index (χ1n) is 14.2. The third kappa shape index (κ3) is 8.89. The van der Waals surface area contributed by atoms with Crippen LogP contribution in [0.5, 0.6) is 0 Å². The van der Waals surface area contributed by atoms with E-state index in [9.17, 15) is 35.9 Å². The number of halogens is 1. The molecule has 0 spiro atoms. The van der Waals surface area contributed by atoms with Gasteiger partial charge in [-0.25, -0.2) is 17.9 Å². The Hall–Kier alpha value is -4.33. The van der Waals surface area contributed by atoms with E-state index in [4.69, 9.17) is 5.14 Å². The minimum absolute atomic E-state index is 0.0382. The van der Waals surface area contributed by atoms with Crippen molar-refractivity contribution in [1.82, 2.24) is 14.3 Å². The molecule has 1 heterocycles. The van der Waals surface area contributed by atoms with Crippen molar-refractivity contribution in [1.29, 1.82) is 0 Å². The van der Waals surface area contributed by atoms with Gasteiger partial charge in [0.2, 0.25) is 10.0 Å². The lowest BCUT2D eigenvalue weighted by Crippen LogP contribution is -2.55. The number of nitrogens with one attached hydrogen (secondary N) is 2. The van der Waals surface area contributed by atoms with E-state index in [0.29, 0.717) is 29.8 Å². The zero-order valence-corrected chi connectivity index (χ0v) is 26.7. The number of rotatable bonds is 10. The number of benzene rings is 3. The number of aliphatic carboxylic acids is 1. The molecule has 244 valence electrons. The van der Waals surface area contributed by atoms with Crippen molar-refractivity contribution in [2.75, 3.05) is 31.1 Å². The van der Waals surface area contributed by atoms with Gasteiger partial charge in [0.15, 0.2) is 0 Å². The number of sulfonamides is 1. The van der Waals surface area contributed by atoms with Crippen LogP contribution < -0.4 is 20.1 Å². The van der Waals surface area contributed by atoms with Gasteiger partial charge in [-0.2, -0.15) is 17.4 Å². The molecule has 1 fully saturated rings. The number of nitrogens with two attached hydrogens (primary N) is 1. The zero-order chi connectivity index (χ0) is 33.6. The van der Waals surface area contributed by atoms with Gasteiger partial charge in [-0.15, -0.1) is 0 Å². The van der Waals surface area contributed by atoms with Crippen LogP contribution in [0.3, 0.4) is 0 Å². The summed E-state index contributed by atoms with van der Waals surface area (Å²) in [5.74, 6) is 2.90. The van der Waals surface area contributed by atoms with Crippen LogP contribution in [0.4, 0.5) is 10.1 Å². The van der Waals surface area contributed by atoms with Gasteiger partial charge >= 0.3 is 5.97 Å². The highest BCUT2D eigenvalue weighted by atomic mass is 32.2. The molecule has 3 aromatic rings. The van der Waals surface area contributed by atoms with Gasteiger partial charge < -0.3 is 15.3 Å². The molecule has 1 atom stereocenters. The third-order valence-electron chi connectivity index (χ3n) is 7.29. The molecule has 0 saturated carbocycles. The Morgan fingerprint density at radius 1 is 0.913 bits per heavy atom. The fourth-order valence-electron chi connectivity index (χ4n) is 4.64. The number of carboxylic acids is 1. The number of hydrogen-bond donors (Lipinski definition) is 4. The van der Waals surface area contributed by atoms with E-state index in [0.717, 1.165) is 11.8 Å². The minimum Gasteiger partial charge on any atom is -0.480 e. The number of carbonyl (C=O) groups excluding carboxylic acids is 1. The number of amides is 1. The first kappa shape index (κ1) is 34.5. The Labute approximate surface area is 267 Å². The maximum absolute atomic E-state index is 14.5. The molecular formula is C31H34FN5O7S2. The van der Waals surface area contributed by atoms with Gasteiger partial charge in [0.25, 0.3) is 16.1 Å². The number of piperazine rings is 1. The summed E-state index contributed by atoms with van der Waals surface area (Å²) < 4.78 is 66.3. The lowest BCUT2D eigenvalue weighted by Gasteiger charge is -2.36. The normalized spacial score (nSPS) is 14.8. The van der Waals surface area contributed by atoms with E-state index in [1.165, 1.54) is 40.7 Å². The molecular weight excluding hydrogens is 638 g/mol. The molecule has 5 N–H and O–H groups in total. The average Bonchev–Trinajstić information content (AvgIpc) is 3.02. The smallest absolute Gasteiger partial charge is 0.322 e. The number of carboxylic acid groups (broad SMARTS) is 1. The maximum atomic E-state index is 14.5. The van der Waals surface area contributed by atoms with E-state index in [1.54, 1.807) is 26.0 Å². The Morgan fingerprint density at radius 2 is 1.50 bits per heavy atom. The van der Waals surface area contributed by atoms with Crippen LogP contribution in [0.2, 0.25) is 0 Å². The molecule has 12 nitrogen and oxygen atoms in total. The summed E-state index contributed by atoms with van der Waals surface area (Å²) in [7, 11) is -7.80. The fourth-order valence-corrected chi connectivity index (χ4v) is 6.65. The van der Waals surface area contributed by atoms with Crippen molar-refractivity contribution in [2.45, 2.75) is 31.3 Å². The van der Waals surface area contributed by atoms with Crippen LogP contribution in [0.1, 0.15) is 40.9 Å². The van der Waals surface area contributed by atoms with Crippen LogP contribution in [0.25, 0.3) is 0 Å². The van der Waals surface area contributed by atoms with E-state index in [2.05, 4.69) is 21.9 Å². The molecule has 15 heteroatoms. The van der Waals surface area contributed by atoms with E-state index < -0.39 is 49.9 Å². The van der Waals surface area contributed by atoms with Gasteiger partial charge in [-0.05, 0) is 66.1 Å². The zero-order valence-electron chi connectivity index (χ0n) is 25.1. The molecule has 0 aromatic heterocycles. The average molecular weight is 672 g/mol. The van der Waals surface area contributed by atoms with Crippen molar-refractivity contribution in [2.24, 2.45) is 11.1 Å². The van der Waals surface area contributed by atoms with Crippen LogP contribution in [-0.2, 0) is 31.6 Å². The van der Waals surface area contributed by atoms with Crippen molar-refractivity contribution in [3.63, 3.8) is 0 Å². The molecule has 1 saturated heterocycles. The molecule has 0 bridgehead atoms. The summed E-state index contributed by atoms with van der Waals surface area (Å²) >= 11 is 0. The summed E-state index contributed by atoms with van der Waals surface area (Å²) in [6.45, 7) is 4.50. The lowest BCUT2D eigenvalue weighted by atomic mass is 10.1. The highest BCUT2D eigenvalue weighted by Crippen LogP contribution is 2.19. The van der Waals surface area contributed by atoms with Crippen molar-refractivity contribution in [3.05, 3.63) is 94.8 Å². The minimum atomic E-state index is -3.97. The summed E-state index contributed by atoms with van der Waals surface area (Å²) in [4.78, 5) is 26.1. The van der Waals surface area contributed by atoms with Crippen LogP contribution >= 0.6 is 0 Å². The largest absolute Gasteiger partial charge is 0.480 e. The second-order valence-electron chi connectivity index (χ2n) is 10.9. The molecule has 1 aliphatic heterocycles. The van der Waals surface area contributed by atoms with Gasteiger partial charge in [0, 0.05) is 49.5 Å². The second kappa shape index (κ2) is 14.4. The molecule has 4 rings (SSSR count). The quantitative estimate of drug-likeness (QED) is 0.236.